The second kappa shape index (κ2) is 6.57. The average Bonchev–Trinajstić information content (AvgIpc) is 2.56. The Morgan fingerprint density at radius 1 is 0.957 bits per heavy atom. The van der Waals surface area contributed by atoms with Crippen LogP contribution in [0.4, 0.5) is 4.79 Å². The van der Waals surface area contributed by atoms with Gasteiger partial charge < -0.3 is 0 Å². The number of nitrogens with one attached hydrogen (secondary N) is 2. The maximum Gasteiger partial charge on any atom is 0.328 e. The zero-order valence-corrected chi connectivity index (χ0v) is 13.8. The summed E-state index contributed by atoms with van der Waals surface area (Å²) in [6, 6.07) is -0.712. The van der Waals surface area contributed by atoms with Crippen LogP contribution in [0.2, 0.25) is 0 Å². The van der Waals surface area contributed by atoms with Gasteiger partial charge in [-0.1, -0.05) is 13.3 Å². The quantitative estimate of drug-likeness (QED) is 0.751. The minimum atomic E-state index is -1.27. The normalized spacial score (nSPS) is 30.0. The molecule has 2 N–H and O–H groups in total. The van der Waals surface area contributed by atoms with E-state index in [0.717, 1.165) is 32.4 Å². The zero-order valence-electron chi connectivity index (χ0n) is 13.8. The first kappa shape index (κ1) is 16.4. The Hall–Kier alpha value is -1.47. The van der Waals surface area contributed by atoms with E-state index in [4.69, 9.17) is 0 Å². The number of hydrogen-bond donors (Lipinski definition) is 2. The van der Waals surface area contributed by atoms with Crippen molar-refractivity contribution in [2.75, 3.05) is 19.6 Å². The molecular formula is C16H26N4O3. The van der Waals surface area contributed by atoms with E-state index < -0.39 is 23.4 Å². The number of imide groups is 2. The van der Waals surface area contributed by atoms with Crippen molar-refractivity contribution >= 4 is 17.8 Å². The molecule has 0 radical (unpaired) electrons. The SMILES string of the molecule is CCC1(N2CCCCC2N2CCCCC2)C(=O)NC(=O)NC1=O. The minimum Gasteiger partial charge on any atom is -0.288 e. The molecule has 0 aliphatic carbocycles. The topological polar surface area (TPSA) is 81.8 Å². The van der Waals surface area contributed by atoms with Crippen LogP contribution < -0.4 is 10.6 Å². The van der Waals surface area contributed by atoms with Crippen molar-refractivity contribution in [3.8, 4) is 0 Å². The predicted molar refractivity (Wildman–Crippen MR) is 84.5 cm³/mol. The van der Waals surface area contributed by atoms with Crippen molar-refractivity contribution in [1.29, 1.82) is 0 Å². The Labute approximate surface area is 136 Å². The zero-order chi connectivity index (χ0) is 16.4. The number of carbonyl (C=O) groups excluding carboxylic acids is 3. The summed E-state index contributed by atoms with van der Waals surface area (Å²) in [5, 5.41) is 4.60. The number of hydrogen-bond acceptors (Lipinski definition) is 5. The van der Waals surface area contributed by atoms with Crippen LogP contribution in [0.1, 0.15) is 51.9 Å². The van der Waals surface area contributed by atoms with Crippen LogP contribution in [0.15, 0.2) is 0 Å². The van der Waals surface area contributed by atoms with E-state index in [-0.39, 0.29) is 6.17 Å². The number of urea groups is 1. The third-order valence-corrected chi connectivity index (χ3v) is 5.49. The fraction of sp³-hybridized carbons (Fsp3) is 0.812. The van der Waals surface area contributed by atoms with E-state index in [2.05, 4.69) is 20.4 Å². The van der Waals surface area contributed by atoms with Gasteiger partial charge in [0.2, 0.25) is 0 Å². The Bertz CT molecular complexity index is 482. The van der Waals surface area contributed by atoms with Crippen molar-refractivity contribution in [3.63, 3.8) is 0 Å². The van der Waals surface area contributed by atoms with Crippen LogP contribution in [0.25, 0.3) is 0 Å². The van der Waals surface area contributed by atoms with Gasteiger partial charge in [-0.25, -0.2) is 4.79 Å². The number of rotatable bonds is 3. The first-order valence-corrected chi connectivity index (χ1v) is 8.77. The molecule has 1 unspecified atom stereocenters. The van der Waals surface area contributed by atoms with E-state index in [9.17, 15) is 14.4 Å². The summed E-state index contributed by atoms with van der Waals surface area (Å²) < 4.78 is 0. The van der Waals surface area contributed by atoms with Crippen molar-refractivity contribution in [2.24, 2.45) is 0 Å². The highest BCUT2D eigenvalue weighted by Crippen LogP contribution is 2.33. The molecule has 7 heteroatoms. The summed E-state index contributed by atoms with van der Waals surface area (Å²) in [5.41, 5.74) is -1.27. The Balaban J connectivity index is 1.91. The fourth-order valence-electron chi connectivity index (χ4n) is 4.29. The molecule has 0 aromatic carbocycles. The predicted octanol–water partition coefficient (Wildman–Crippen LogP) is 0.799. The molecule has 0 saturated carbocycles. The van der Waals surface area contributed by atoms with Gasteiger partial charge in [-0.05, 0) is 51.6 Å². The summed E-state index contributed by atoms with van der Waals surface area (Å²) in [6.07, 6.45) is 7.10. The van der Waals surface area contributed by atoms with Gasteiger partial charge in [0.15, 0.2) is 5.54 Å². The molecule has 0 spiro atoms. The van der Waals surface area contributed by atoms with Gasteiger partial charge in [-0.2, -0.15) is 0 Å². The van der Waals surface area contributed by atoms with Gasteiger partial charge in [-0.3, -0.25) is 30.0 Å². The monoisotopic (exact) mass is 322 g/mol. The molecular weight excluding hydrogens is 296 g/mol. The van der Waals surface area contributed by atoms with Gasteiger partial charge in [0.25, 0.3) is 11.8 Å². The molecule has 3 fully saturated rings. The lowest BCUT2D eigenvalue weighted by atomic mass is 9.86. The standard InChI is InChI=1S/C16H26N4O3/c1-2-16(13(21)17-15(23)18-14(16)22)20-11-7-4-8-12(20)19-9-5-3-6-10-19/h12H,2-11H2,1H3,(H2,17,18,21,22,23). The number of piperidine rings is 2. The molecule has 3 heterocycles. The van der Waals surface area contributed by atoms with Gasteiger partial charge in [0.1, 0.15) is 0 Å². The van der Waals surface area contributed by atoms with Crippen LogP contribution in [-0.2, 0) is 9.59 Å². The van der Waals surface area contributed by atoms with Crippen LogP contribution in [0, 0.1) is 0 Å². The number of nitrogens with zero attached hydrogens (tertiary/aromatic N) is 2. The fourth-order valence-corrected chi connectivity index (χ4v) is 4.29. The van der Waals surface area contributed by atoms with Gasteiger partial charge in [0.05, 0.1) is 6.17 Å². The first-order valence-electron chi connectivity index (χ1n) is 8.77. The first-order chi connectivity index (χ1) is 11.1. The molecule has 0 aromatic heterocycles. The molecule has 4 amide bonds. The maximum absolute atomic E-state index is 12.6. The van der Waals surface area contributed by atoms with Crippen LogP contribution in [0.5, 0.6) is 0 Å². The third-order valence-electron chi connectivity index (χ3n) is 5.49. The molecule has 7 nitrogen and oxygen atoms in total. The Morgan fingerprint density at radius 2 is 1.57 bits per heavy atom. The van der Waals surface area contributed by atoms with Crippen LogP contribution in [-0.4, -0.2) is 59.0 Å². The molecule has 3 saturated heterocycles. The molecule has 23 heavy (non-hydrogen) atoms. The lowest BCUT2D eigenvalue weighted by molar-refractivity contribution is -0.157. The summed E-state index contributed by atoms with van der Waals surface area (Å²) in [6.45, 7) is 4.59. The van der Waals surface area contributed by atoms with E-state index in [1.165, 1.54) is 19.3 Å². The largest absolute Gasteiger partial charge is 0.328 e. The second-order valence-corrected chi connectivity index (χ2v) is 6.72. The number of likely N-dealkylation sites (tertiary alicyclic amines) is 2. The van der Waals surface area contributed by atoms with Gasteiger partial charge in [-0.15, -0.1) is 0 Å². The summed E-state index contributed by atoms with van der Waals surface area (Å²) in [7, 11) is 0. The van der Waals surface area contributed by atoms with Crippen molar-refractivity contribution in [3.05, 3.63) is 0 Å². The Kier molecular flexibility index (Phi) is 4.68. The molecule has 3 rings (SSSR count). The van der Waals surface area contributed by atoms with E-state index >= 15 is 0 Å². The highest BCUT2D eigenvalue weighted by Gasteiger charge is 2.56. The van der Waals surface area contributed by atoms with Crippen molar-refractivity contribution < 1.29 is 14.4 Å². The van der Waals surface area contributed by atoms with E-state index in [1.807, 2.05) is 6.92 Å². The second-order valence-electron chi connectivity index (χ2n) is 6.72. The minimum absolute atomic E-state index is 0.105. The van der Waals surface area contributed by atoms with Gasteiger partial charge in [0, 0.05) is 6.54 Å². The smallest absolute Gasteiger partial charge is 0.288 e. The van der Waals surface area contributed by atoms with Gasteiger partial charge >= 0.3 is 6.03 Å². The molecule has 128 valence electrons. The van der Waals surface area contributed by atoms with Crippen molar-refractivity contribution in [2.45, 2.75) is 63.6 Å². The molecule has 1 atom stereocenters. The lowest BCUT2D eigenvalue weighted by Crippen LogP contribution is -2.76. The Morgan fingerprint density at radius 3 is 2.17 bits per heavy atom. The molecule has 3 aliphatic heterocycles. The van der Waals surface area contributed by atoms with E-state index in [0.29, 0.717) is 13.0 Å². The summed E-state index contributed by atoms with van der Waals surface area (Å²) >= 11 is 0. The summed E-state index contributed by atoms with van der Waals surface area (Å²) in [4.78, 5) is 41.2. The highest BCUT2D eigenvalue weighted by atomic mass is 16.2. The number of amides is 4. The lowest BCUT2D eigenvalue weighted by Gasteiger charge is -2.52. The number of carbonyl (C=O) groups is 3. The molecule has 3 aliphatic rings. The maximum atomic E-state index is 12.6. The van der Waals surface area contributed by atoms with Crippen molar-refractivity contribution in [1.82, 2.24) is 20.4 Å². The van der Waals surface area contributed by atoms with Crippen LogP contribution >= 0.6 is 0 Å². The number of barbiturate groups is 1. The summed E-state index contributed by atoms with van der Waals surface area (Å²) in [5.74, 6) is -0.949. The van der Waals surface area contributed by atoms with Crippen LogP contribution in [0.3, 0.4) is 0 Å². The third kappa shape index (κ3) is 2.76. The average molecular weight is 322 g/mol. The molecule has 0 aromatic rings. The highest BCUT2D eigenvalue weighted by molar-refractivity contribution is 6.22. The molecule has 0 bridgehead atoms. The van der Waals surface area contributed by atoms with E-state index in [1.54, 1.807) is 0 Å².